The molecule has 0 saturated carbocycles. The molecule has 1 heterocycles. The number of aryl methyl sites for hydroxylation is 1. The summed E-state index contributed by atoms with van der Waals surface area (Å²) in [4.78, 5) is 9.00. The van der Waals surface area contributed by atoms with E-state index in [4.69, 9.17) is 11.6 Å². The average Bonchev–Trinajstić information content (AvgIpc) is 2.64. The van der Waals surface area contributed by atoms with Crippen molar-refractivity contribution in [2.75, 3.05) is 11.6 Å². The zero-order valence-corrected chi connectivity index (χ0v) is 15.3. The lowest BCUT2D eigenvalue weighted by molar-refractivity contribution is 0.975. The summed E-state index contributed by atoms with van der Waals surface area (Å²) in [6, 6.07) is 17.5. The van der Waals surface area contributed by atoms with Gasteiger partial charge in [-0.1, -0.05) is 59.8 Å². The molecule has 0 bridgehead atoms. The molecule has 0 amide bonds. The number of anilines is 2. The molecule has 25 heavy (non-hydrogen) atoms. The van der Waals surface area contributed by atoms with Crippen LogP contribution in [-0.2, 0) is 0 Å². The van der Waals surface area contributed by atoms with Crippen molar-refractivity contribution >= 4 is 34.9 Å². The second kappa shape index (κ2) is 7.56. The van der Waals surface area contributed by atoms with Crippen molar-refractivity contribution in [2.45, 2.75) is 12.1 Å². The Bertz CT molecular complexity index is 952. The first-order chi connectivity index (χ1) is 12.1. The SMILES string of the molecule is CSc1nc(Nc2ccc(C)c(Cl)c2)c(C#N)c(-c2ccccc2)n1. The van der Waals surface area contributed by atoms with Gasteiger partial charge in [0.15, 0.2) is 11.0 Å². The number of aromatic nitrogens is 2. The smallest absolute Gasteiger partial charge is 0.189 e. The maximum atomic E-state index is 9.70. The minimum Gasteiger partial charge on any atom is -0.339 e. The molecule has 4 nitrogen and oxygen atoms in total. The molecule has 0 atom stereocenters. The largest absolute Gasteiger partial charge is 0.339 e. The Morgan fingerprint density at radius 1 is 1.12 bits per heavy atom. The van der Waals surface area contributed by atoms with E-state index < -0.39 is 0 Å². The number of benzene rings is 2. The summed E-state index contributed by atoms with van der Waals surface area (Å²) in [5.41, 5.74) is 3.66. The van der Waals surface area contributed by atoms with Crippen LogP contribution in [0.1, 0.15) is 11.1 Å². The van der Waals surface area contributed by atoms with Gasteiger partial charge < -0.3 is 5.32 Å². The average molecular weight is 367 g/mol. The van der Waals surface area contributed by atoms with Crippen LogP contribution in [0.15, 0.2) is 53.7 Å². The summed E-state index contributed by atoms with van der Waals surface area (Å²) in [5.74, 6) is 0.473. The minimum atomic E-state index is 0.403. The molecule has 0 fully saturated rings. The Morgan fingerprint density at radius 3 is 2.52 bits per heavy atom. The molecule has 0 aliphatic carbocycles. The highest BCUT2D eigenvalue weighted by Crippen LogP contribution is 2.30. The number of hydrogen-bond acceptors (Lipinski definition) is 5. The molecule has 1 aromatic heterocycles. The minimum absolute atomic E-state index is 0.403. The predicted molar refractivity (Wildman–Crippen MR) is 103 cm³/mol. The highest BCUT2D eigenvalue weighted by molar-refractivity contribution is 7.98. The van der Waals surface area contributed by atoms with E-state index in [0.717, 1.165) is 16.8 Å². The van der Waals surface area contributed by atoms with Crippen LogP contribution < -0.4 is 5.32 Å². The molecule has 2 aromatic carbocycles. The number of nitriles is 1. The number of halogens is 1. The van der Waals surface area contributed by atoms with Gasteiger partial charge in [0, 0.05) is 16.3 Å². The zero-order chi connectivity index (χ0) is 17.8. The van der Waals surface area contributed by atoms with E-state index in [2.05, 4.69) is 21.4 Å². The van der Waals surface area contributed by atoms with Crippen molar-refractivity contribution in [1.29, 1.82) is 5.26 Å². The van der Waals surface area contributed by atoms with Gasteiger partial charge in [0.1, 0.15) is 11.6 Å². The molecule has 0 unspecified atom stereocenters. The Kier molecular flexibility index (Phi) is 5.22. The van der Waals surface area contributed by atoms with E-state index in [-0.39, 0.29) is 0 Å². The summed E-state index contributed by atoms with van der Waals surface area (Å²) in [6.45, 7) is 1.94. The summed E-state index contributed by atoms with van der Waals surface area (Å²) in [5, 5.41) is 14.2. The quantitative estimate of drug-likeness (QED) is 0.492. The first-order valence-electron chi connectivity index (χ1n) is 7.57. The van der Waals surface area contributed by atoms with Crippen molar-refractivity contribution in [3.63, 3.8) is 0 Å². The third-order valence-corrected chi connectivity index (χ3v) is 4.62. The molecule has 0 spiro atoms. The Balaban J connectivity index is 2.12. The van der Waals surface area contributed by atoms with E-state index in [0.29, 0.717) is 27.3 Å². The first-order valence-corrected chi connectivity index (χ1v) is 9.17. The molecule has 1 N–H and O–H groups in total. The molecule has 6 heteroatoms. The second-order valence-corrected chi connectivity index (χ2v) is 6.53. The van der Waals surface area contributed by atoms with Gasteiger partial charge in [-0.15, -0.1) is 0 Å². The van der Waals surface area contributed by atoms with Gasteiger partial charge in [-0.3, -0.25) is 0 Å². The molecule has 0 radical (unpaired) electrons. The van der Waals surface area contributed by atoms with E-state index >= 15 is 0 Å². The van der Waals surface area contributed by atoms with Gasteiger partial charge in [0.25, 0.3) is 0 Å². The number of thioether (sulfide) groups is 1. The fraction of sp³-hybridized carbons (Fsp3) is 0.105. The maximum Gasteiger partial charge on any atom is 0.189 e. The van der Waals surface area contributed by atoms with Gasteiger partial charge in [-0.2, -0.15) is 5.26 Å². The summed E-state index contributed by atoms with van der Waals surface area (Å²) >= 11 is 7.63. The van der Waals surface area contributed by atoms with Gasteiger partial charge in [0.05, 0.1) is 5.69 Å². The highest BCUT2D eigenvalue weighted by Gasteiger charge is 2.16. The van der Waals surface area contributed by atoms with Crippen LogP contribution in [-0.4, -0.2) is 16.2 Å². The lowest BCUT2D eigenvalue weighted by Gasteiger charge is -2.13. The third-order valence-electron chi connectivity index (χ3n) is 3.66. The molecule has 0 aliphatic heterocycles. The molecule has 3 aromatic rings. The van der Waals surface area contributed by atoms with Crippen LogP contribution in [0.3, 0.4) is 0 Å². The molecule has 124 valence electrons. The van der Waals surface area contributed by atoms with Gasteiger partial charge in [-0.05, 0) is 30.9 Å². The molecule has 0 saturated heterocycles. The van der Waals surface area contributed by atoms with E-state index in [9.17, 15) is 5.26 Å². The first kappa shape index (κ1) is 17.3. The summed E-state index contributed by atoms with van der Waals surface area (Å²) in [7, 11) is 0. The van der Waals surface area contributed by atoms with Crippen LogP contribution in [0, 0.1) is 18.3 Å². The van der Waals surface area contributed by atoms with Crippen LogP contribution in [0.5, 0.6) is 0 Å². The lowest BCUT2D eigenvalue weighted by atomic mass is 10.1. The second-order valence-electron chi connectivity index (χ2n) is 5.35. The van der Waals surface area contributed by atoms with Crippen LogP contribution in [0.25, 0.3) is 11.3 Å². The van der Waals surface area contributed by atoms with E-state index in [1.807, 2.05) is 61.7 Å². The highest BCUT2D eigenvalue weighted by atomic mass is 35.5. The van der Waals surface area contributed by atoms with Crippen LogP contribution >= 0.6 is 23.4 Å². The van der Waals surface area contributed by atoms with E-state index in [1.165, 1.54) is 11.8 Å². The van der Waals surface area contributed by atoms with Crippen molar-refractivity contribution < 1.29 is 0 Å². The number of nitrogens with one attached hydrogen (secondary N) is 1. The normalized spacial score (nSPS) is 10.3. The van der Waals surface area contributed by atoms with Gasteiger partial charge in [0.2, 0.25) is 0 Å². The topological polar surface area (TPSA) is 61.6 Å². The monoisotopic (exact) mass is 366 g/mol. The van der Waals surface area contributed by atoms with E-state index in [1.54, 1.807) is 0 Å². The van der Waals surface area contributed by atoms with Crippen molar-refractivity contribution in [2.24, 2.45) is 0 Å². The van der Waals surface area contributed by atoms with Crippen LogP contribution in [0.4, 0.5) is 11.5 Å². The number of rotatable bonds is 4. The Labute approximate surface area is 155 Å². The molecule has 3 rings (SSSR count). The Hall–Kier alpha value is -2.55. The standard InChI is InChI=1S/C19H15ClN4S/c1-12-8-9-14(10-16(12)20)22-18-15(11-21)17(23-19(24-18)25-2)13-6-4-3-5-7-13/h3-10H,1-2H3,(H,22,23,24). The van der Waals surface area contributed by atoms with Crippen molar-refractivity contribution in [1.82, 2.24) is 9.97 Å². The van der Waals surface area contributed by atoms with Gasteiger partial charge >= 0.3 is 0 Å². The molecular weight excluding hydrogens is 352 g/mol. The van der Waals surface area contributed by atoms with Gasteiger partial charge in [-0.25, -0.2) is 9.97 Å². The third kappa shape index (κ3) is 3.76. The summed E-state index contributed by atoms with van der Waals surface area (Å²) < 4.78 is 0. The zero-order valence-electron chi connectivity index (χ0n) is 13.7. The predicted octanol–water partition coefficient (Wildman–Crippen LogP) is 5.44. The Morgan fingerprint density at radius 2 is 1.88 bits per heavy atom. The maximum absolute atomic E-state index is 9.70. The fourth-order valence-corrected chi connectivity index (χ4v) is 2.89. The number of hydrogen-bond donors (Lipinski definition) is 1. The number of nitrogens with zero attached hydrogens (tertiary/aromatic N) is 3. The van der Waals surface area contributed by atoms with Crippen molar-refractivity contribution in [3.8, 4) is 17.3 Å². The lowest BCUT2D eigenvalue weighted by Crippen LogP contribution is -2.03. The van der Waals surface area contributed by atoms with Crippen molar-refractivity contribution in [3.05, 3.63) is 64.7 Å². The molecular formula is C19H15ClN4S. The fourth-order valence-electron chi connectivity index (χ4n) is 2.34. The molecule has 0 aliphatic rings. The summed E-state index contributed by atoms with van der Waals surface area (Å²) in [6.07, 6.45) is 1.91. The van der Waals surface area contributed by atoms with Crippen LogP contribution in [0.2, 0.25) is 5.02 Å².